The highest BCUT2D eigenvalue weighted by molar-refractivity contribution is 7.86. The van der Waals surface area contributed by atoms with Gasteiger partial charge in [0.25, 0.3) is 0 Å². The van der Waals surface area contributed by atoms with Crippen LogP contribution in [-0.4, -0.2) is 14.2 Å². The molecule has 26 heavy (non-hydrogen) atoms. The van der Waals surface area contributed by atoms with Gasteiger partial charge in [-0.05, 0) is 17.7 Å². The van der Waals surface area contributed by atoms with Gasteiger partial charge in [0.1, 0.15) is 11.6 Å². The summed E-state index contributed by atoms with van der Waals surface area (Å²) in [4.78, 5) is 12.6. The van der Waals surface area contributed by atoms with E-state index in [0.29, 0.717) is 5.56 Å². The number of ether oxygens (including phenoxy) is 1. The lowest BCUT2D eigenvalue weighted by Crippen LogP contribution is -2.16. The zero-order valence-corrected chi connectivity index (χ0v) is 14.7. The average molecular weight is 399 g/mol. The molecular weight excluding hydrogens is 385 g/mol. The fraction of sp³-hybridized carbons (Fsp3) is 0.118. The van der Waals surface area contributed by atoms with Gasteiger partial charge in [-0.15, -0.1) is 0 Å². The van der Waals surface area contributed by atoms with E-state index in [4.69, 9.17) is 27.6 Å². The maximum Gasteiger partial charge on any atom is 0.313 e. The third-order valence-electron chi connectivity index (χ3n) is 3.43. The van der Waals surface area contributed by atoms with Crippen LogP contribution in [0.4, 0.5) is 4.39 Å². The van der Waals surface area contributed by atoms with Crippen molar-refractivity contribution in [3.63, 3.8) is 0 Å². The zero-order valence-electron chi connectivity index (χ0n) is 14.1. The predicted octanol–water partition coefficient (Wildman–Crippen LogP) is 2.79. The minimum Gasteiger partial charge on any atom is -0.460 e. The third-order valence-corrected chi connectivity index (χ3v) is 4.84. The molecule has 136 valence electrons. The van der Waals surface area contributed by atoms with Gasteiger partial charge in [-0.2, -0.15) is 8.42 Å². The van der Waals surface area contributed by atoms with E-state index in [0.717, 1.165) is 12.1 Å². The topological polar surface area (TPSA) is 95.7 Å². The van der Waals surface area contributed by atoms with E-state index >= 15 is 0 Å². The van der Waals surface area contributed by atoms with Gasteiger partial charge in [-0.3, -0.25) is 4.79 Å². The Hall–Kier alpha value is -2.58. The smallest absolute Gasteiger partial charge is 0.313 e. The summed E-state index contributed by atoms with van der Waals surface area (Å²) in [5.74, 6) is -4.06. The van der Waals surface area contributed by atoms with Crippen LogP contribution in [0.15, 0.2) is 60.2 Å². The number of carbonyl (C=O) groups excluding carboxylic acids is 1. The van der Waals surface area contributed by atoms with Crippen molar-refractivity contribution in [2.45, 2.75) is 11.8 Å². The molecule has 6 nitrogen and oxygen atoms in total. The molecule has 9 heteroatoms. The van der Waals surface area contributed by atoms with Crippen LogP contribution in [0, 0.1) is 5.82 Å². The van der Waals surface area contributed by atoms with Crippen LogP contribution < -0.4 is 5.73 Å². The van der Waals surface area contributed by atoms with Gasteiger partial charge in [-0.1, -0.05) is 48.0 Å². The first kappa shape index (κ1) is 16.9. The summed E-state index contributed by atoms with van der Waals surface area (Å²) in [5, 5.41) is -0.212. The van der Waals surface area contributed by atoms with Crippen LogP contribution in [0.1, 0.15) is 18.6 Å². The second-order valence-electron chi connectivity index (χ2n) is 5.35. The molecule has 1 aliphatic rings. The van der Waals surface area contributed by atoms with E-state index in [1.54, 1.807) is 30.3 Å². The molecule has 0 aliphatic carbocycles. The van der Waals surface area contributed by atoms with Gasteiger partial charge >= 0.3 is 10.1 Å². The van der Waals surface area contributed by atoms with Gasteiger partial charge < -0.3 is 14.7 Å². The third kappa shape index (κ3) is 3.81. The Morgan fingerprint density at radius 2 is 1.96 bits per heavy atom. The molecule has 0 unspecified atom stereocenters. The lowest BCUT2D eigenvalue weighted by atomic mass is 10.1. The van der Waals surface area contributed by atoms with Crippen LogP contribution in [0.2, 0.25) is 5.02 Å². The number of rotatable bonds is 5. The quantitative estimate of drug-likeness (QED) is 0.778. The molecule has 0 radical (unpaired) electrons. The minimum atomic E-state index is -4.25. The van der Waals surface area contributed by atoms with Crippen molar-refractivity contribution in [1.29, 1.82) is 0 Å². The SMILES string of the molecule is [2H][C@]1(c2ccc(Cl)c(F)c2)OC(N)=C(OS(=O)(=O)Cc2ccccc2)C1=O. The molecule has 2 N–H and O–H groups in total. The fourth-order valence-corrected chi connectivity index (χ4v) is 3.45. The predicted molar refractivity (Wildman–Crippen MR) is 91.6 cm³/mol. The maximum absolute atomic E-state index is 13.7. The second-order valence-corrected chi connectivity index (χ2v) is 7.33. The molecule has 0 amide bonds. The molecule has 0 saturated heterocycles. The molecule has 1 aliphatic heterocycles. The number of carbonyl (C=O) groups is 1. The molecule has 2 aromatic carbocycles. The summed E-state index contributed by atoms with van der Waals surface area (Å²) in [5.41, 5.74) is 5.78. The monoisotopic (exact) mass is 398 g/mol. The normalized spacial score (nSPS) is 20.7. The number of nitrogens with two attached hydrogens (primary N) is 1. The van der Waals surface area contributed by atoms with Gasteiger partial charge in [0.05, 0.1) is 6.39 Å². The molecule has 0 fully saturated rings. The van der Waals surface area contributed by atoms with Crippen LogP contribution in [0.3, 0.4) is 0 Å². The van der Waals surface area contributed by atoms with Crippen molar-refractivity contribution < 1.29 is 27.9 Å². The highest BCUT2D eigenvalue weighted by atomic mass is 35.5. The minimum absolute atomic E-state index is 0.212. The number of benzene rings is 2. The van der Waals surface area contributed by atoms with E-state index in [2.05, 4.69) is 0 Å². The molecule has 2 aromatic rings. The lowest BCUT2D eigenvalue weighted by Gasteiger charge is -2.10. The van der Waals surface area contributed by atoms with Gasteiger partial charge in [0.15, 0.2) is 6.08 Å². The first-order valence-electron chi connectivity index (χ1n) is 7.77. The van der Waals surface area contributed by atoms with E-state index in [1.807, 2.05) is 0 Å². The zero-order chi connectivity index (χ0) is 19.8. The Morgan fingerprint density at radius 3 is 2.62 bits per heavy atom. The molecule has 0 spiro atoms. The molecule has 1 atom stereocenters. The fourth-order valence-electron chi connectivity index (χ4n) is 2.26. The van der Waals surface area contributed by atoms with E-state index in [9.17, 15) is 17.6 Å². The van der Waals surface area contributed by atoms with Crippen molar-refractivity contribution >= 4 is 27.5 Å². The number of Topliss-reactive ketones (excluding diaryl/α,β-unsaturated/α-hetero) is 1. The van der Waals surface area contributed by atoms with Crippen LogP contribution in [-0.2, 0) is 29.6 Å². The molecular formula is C17H13ClFNO5S. The molecule has 0 bridgehead atoms. The molecule has 3 rings (SSSR count). The second kappa shape index (κ2) is 6.97. The summed E-state index contributed by atoms with van der Waals surface area (Å²) < 4.78 is 56.2. The standard InChI is InChI=1S/C17H13ClFNO5S/c18-12-7-6-11(8-13(12)19)15-14(21)16(17(20)24-15)25-26(22,23)9-10-4-2-1-3-5-10/h1-8,15H,9,20H2/t15-/m1/s1/i15D. The number of ketones is 1. The Bertz CT molecular complexity index is 1040. The van der Waals surface area contributed by atoms with Crippen LogP contribution in [0.5, 0.6) is 0 Å². The number of halogens is 2. The number of hydrogen-bond acceptors (Lipinski definition) is 6. The van der Waals surface area contributed by atoms with Gasteiger partial charge in [0, 0.05) is 5.56 Å². The Balaban J connectivity index is 1.86. The van der Waals surface area contributed by atoms with Crippen molar-refractivity contribution in [3.05, 3.63) is 82.1 Å². The average Bonchev–Trinajstić information content (AvgIpc) is 2.81. The first-order valence-corrected chi connectivity index (χ1v) is 9.23. The summed E-state index contributed by atoms with van der Waals surface area (Å²) >= 11 is 5.59. The van der Waals surface area contributed by atoms with Crippen LogP contribution in [0.25, 0.3) is 0 Å². The molecule has 0 aromatic heterocycles. The Kier molecular flexibility index (Phi) is 4.52. The van der Waals surface area contributed by atoms with Gasteiger partial charge in [-0.25, -0.2) is 4.39 Å². The lowest BCUT2D eigenvalue weighted by molar-refractivity contribution is -0.123. The molecule has 1 heterocycles. The number of hydrogen-bond donors (Lipinski definition) is 1. The highest BCUT2D eigenvalue weighted by Gasteiger charge is 2.39. The summed E-state index contributed by atoms with van der Waals surface area (Å²) in [6, 6.07) is 11.3. The van der Waals surface area contributed by atoms with E-state index in [1.165, 1.54) is 6.07 Å². The van der Waals surface area contributed by atoms with Crippen LogP contribution >= 0.6 is 11.6 Å². The van der Waals surface area contributed by atoms with Gasteiger partial charge in [0.2, 0.25) is 17.4 Å². The summed E-state index contributed by atoms with van der Waals surface area (Å²) in [7, 11) is -4.25. The highest BCUT2D eigenvalue weighted by Crippen LogP contribution is 2.33. The summed E-state index contributed by atoms with van der Waals surface area (Å²) in [6.45, 7) is 0. The summed E-state index contributed by atoms with van der Waals surface area (Å²) in [6.07, 6.45) is -2.48. The van der Waals surface area contributed by atoms with Crippen molar-refractivity contribution in [1.82, 2.24) is 0 Å². The van der Waals surface area contributed by atoms with Crippen molar-refractivity contribution in [3.8, 4) is 0 Å². The molecule has 0 saturated carbocycles. The van der Waals surface area contributed by atoms with E-state index < -0.39 is 45.2 Å². The largest absolute Gasteiger partial charge is 0.460 e. The van der Waals surface area contributed by atoms with Crippen molar-refractivity contribution in [2.75, 3.05) is 0 Å². The van der Waals surface area contributed by atoms with Crippen molar-refractivity contribution in [2.24, 2.45) is 5.73 Å². The first-order chi connectivity index (χ1) is 12.6. The Morgan fingerprint density at radius 1 is 1.27 bits per heavy atom. The Labute approximate surface area is 155 Å². The maximum atomic E-state index is 13.7. The van der Waals surface area contributed by atoms with E-state index in [-0.39, 0.29) is 10.6 Å².